The minimum Gasteiger partial charge on any atom is -0.497 e. The van der Waals surface area contributed by atoms with Crippen LogP contribution in [-0.4, -0.2) is 31.4 Å². The number of carbonyl (C=O) groups is 1. The molecule has 7 nitrogen and oxygen atoms in total. The van der Waals surface area contributed by atoms with Crippen molar-refractivity contribution < 1.29 is 24.2 Å². The summed E-state index contributed by atoms with van der Waals surface area (Å²) in [7, 11) is 1.63. The maximum absolute atomic E-state index is 11.9. The van der Waals surface area contributed by atoms with Crippen LogP contribution in [0, 0.1) is 10.1 Å². The molecule has 0 saturated carbocycles. The van der Waals surface area contributed by atoms with Gasteiger partial charge in [-0.15, -0.1) is 10.1 Å². The van der Waals surface area contributed by atoms with E-state index in [2.05, 4.69) is 4.84 Å². The second kappa shape index (κ2) is 10.2. The number of ether oxygens (including phenoxy) is 2. The van der Waals surface area contributed by atoms with Crippen molar-refractivity contribution in [2.24, 2.45) is 0 Å². The van der Waals surface area contributed by atoms with Crippen LogP contribution in [0.1, 0.15) is 31.2 Å². The van der Waals surface area contributed by atoms with E-state index in [1.807, 2.05) is 36.4 Å². The molecular weight excluding hydrogens is 338 g/mol. The molecule has 0 saturated heterocycles. The first-order chi connectivity index (χ1) is 12.6. The number of methoxy groups -OCH3 is 1. The van der Waals surface area contributed by atoms with Crippen LogP contribution in [-0.2, 0) is 20.8 Å². The highest BCUT2D eigenvalue weighted by atomic mass is 16.9. The van der Waals surface area contributed by atoms with Crippen LogP contribution in [0.3, 0.4) is 0 Å². The van der Waals surface area contributed by atoms with Crippen molar-refractivity contribution in [3.05, 3.63) is 52.1 Å². The summed E-state index contributed by atoms with van der Waals surface area (Å²) >= 11 is 0. The van der Waals surface area contributed by atoms with Crippen LogP contribution < -0.4 is 4.74 Å². The van der Waals surface area contributed by atoms with Crippen LogP contribution in [0.15, 0.2) is 36.4 Å². The molecule has 0 atom stereocenters. The molecule has 0 aliphatic heterocycles. The van der Waals surface area contributed by atoms with Gasteiger partial charge in [0.15, 0.2) is 0 Å². The van der Waals surface area contributed by atoms with Gasteiger partial charge in [0.1, 0.15) is 5.75 Å². The molecule has 26 heavy (non-hydrogen) atoms. The van der Waals surface area contributed by atoms with E-state index >= 15 is 0 Å². The Kier molecular flexibility index (Phi) is 7.67. The second-order valence-electron chi connectivity index (χ2n) is 5.92. The topological polar surface area (TPSA) is 87.9 Å². The highest BCUT2D eigenvalue weighted by Gasteiger charge is 2.06. The number of fused-ring (bicyclic) bond motifs is 1. The van der Waals surface area contributed by atoms with E-state index in [4.69, 9.17) is 9.47 Å². The molecule has 0 unspecified atom stereocenters. The molecule has 7 heteroatoms. The molecule has 2 aromatic rings. The minimum atomic E-state index is -0.787. The van der Waals surface area contributed by atoms with Gasteiger partial charge in [-0.2, -0.15) is 0 Å². The van der Waals surface area contributed by atoms with Crippen LogP contribution in [0.2, 0.25) is 0 Å². The summed E-state index contributed by atoms with van der Waals surface area (Å²) < 4.78 is 10.4. The van der Waals surface area contributed by atoms with E-state index in [-0.39, 0.29) is 19.0 Å². The van der Waals surface area contributed by atoms with Gasteiger partial charge in [-0.1, -0.05) is 30.7 Å². The molecule has 2 rings (SSSR count). The molecule has 2 aromatic carbocycles. The quantitative estimate of drug-likeness (QED) is 0.262. The lowest BCUT2D eigenvalue weighted by Gasteiger charge is -2.07. The highest BCUT2D eigenvalue weighted by Crippen LogP contribution is 2.22. The van der Waals surface area contributed by atoms with Gasteiger partial charge in [-0.25, -0.2) is 0 Å². The molecule has 0 aliphatic carbocycles. The van der Waals surface area contributed by atoms with Crippen LogP contribution in [0.25, 0.3) is 10.8 Å². The number of benzene rings is 2. The lowest BCUT2D eigenvalue weighted by atomic mass is 10.0. The fraction of sp³-hybridized carbons (Fsp3) is 0.421. The van der Waals surface area contributed by atoms with Crippen LogP contribution >= 0.6 is 0 Å². The summed E-state index contributed by atoms with van der Waals surface area (Å²) in [6.45, 7) is 0.473. The van der Waals surface area contributed by atoms with Gasteiger partial charge < -0.3 is 14.3 Å². The van der Waals surface area contributed by atoms with Gasteiger partial charge in [0, 0.05) is 0 Å². The summed E-state index contributed by atoms with van der Waals surface area (Å²) in [5.74, 6) is 0.546. The highest BCUT2D eigenvalue weighted by molar-refractivity contribution is 5.85. The van der Waals surface area contributed by atoms with E-state index in [1.165, 1.54) is 0 Å². The van der Waals surface area contributed by atoms with Gasteiger partial charge >= 0.3 is 5.97 Å². The van der Waals surface area contributed by atoms with Crippen molar-refractivity contribution >= 4 is 16.7 Å². The Hall–Kier alpha value is -2.83. The smallest absolute Gasteiger partial charge is 0.310 e. The number of hydrogen-bond donors (Lipinski definition) is 0. The van der Waals surface area contributed by atoms with Gasteiger partial charge in [0.05, 0.1) is 26.7 Å². The molecule has 0 heterocycles. The molecule has 0 fully saturated rings. The maximum atomic E-state index is 11.9. The van der Waals surface area contributed by atoms with Gasteiger partial charge in [-0.05, 0) is 47.7 Å². The third-order valence-electron chi connectivity index (χ3n) is 3.96. The number of unbranched alkanes of at least 4 members (excludes halogenated alkanes) is 3. The van der Waals surface area contributed by atoms with Crippen molar-refractivity contribution in [1.82, 2.24) is 0 Å². The molecule has 0 aliphatic rings. The zero-order valence-electron chi connectivity index (χ0n) is 14.8. The summed E-state index contributed by atoms with van der Waals surface area (Å²) in [4.78, 5) is 26.1. The van der Waals surface area contributed by atoms with Gasteiger partial charge in [0.2, 0.25) is 0 Å². The Bertz CT molecular complexity index is 746. The minimum absolute atomic E-state index is 0.112. The monoisotopic (exact) mass is 361 g/mol. The van der Waals surface area contributed by atoms with Crippen molar-refractivity contribution in [1.29, 1.82) is 0 Å². The summed E-state index contributed by atoms with van der Waals surface area (Å²) in [5.41, 5.74) is 0.907. The summed E-state index contributed by atoms with van der Waals surface area (Å²) in [5, 5.41) is 11.3. The largest absolute Gasteiger partial charge is 0.497 e. The maximum Gasteiger partial charge on any atom is 0.310 e. The predicted octanol–water partition coefficient (Wildman–Crippen LogP) is 3.70. The molecule has 0 aromatic heterocycles. The molecule has 140 valence electrons. The lowest BCUT2D eigenvalue weighted by Crippen LogP contribution is -2.09. The normalized spacial score (nSPS) is 10.5. The number of carbonyl (C=O) groups excluding carboxylic acids is 1. The first kappa shape index (κ1) is 19.5. The van der Waals surface area contributed by atoms with Gasteiger partial charge in [0.25, 0.3) is 5.09 Å². The van der Waals surface area contributed by atoms with E-state index < -0.39 is 5.09 Å². The Morgan fingerprint density at radius 1 is 1.00 bits per heavy atom. The van der Waals surface area contributed by atoms with E-state index in [0.717, 1.165) is 41.3 Å². The molecule has 0 bridgehead atoms. The molecular formula is C19H23NO6. The Morgan fingerprint density at radius 3 is 2.42 bits per heavy atom. The fourth-order valence-corrected chi connectivity index (χ4v) is 2.61. The van der Waals surface area contributed by atoms with E-state index in [9.17, 15) is 14.9 Å². The zero-order chi connectivity index (χ0) is 18.8. The summed E-state index contributed by atoms with van der Waals surface area (Å²) in [6.07, 6.45) is 3.24. The van der Waals surface area contributed by atoms with Crippen LogP contribution in [0.4, 0.5) is 0 Å². The second-order valence-corrected chi connectivity index (χ2v) is 5.92. The van der Waals surface area contributed by atoms with Crippen molar-refractivity contribution in [2.45, 2.75) is 32.1 Å². The Morgan fingerprint density at radius 2 is 1.69 bits per heavy atom. The molecule has 0 N–H and O–H groups in total. The number of nitrogens with zero attached hydrogens (tertiary/aromatic N) is 1. The van der Waals surface area contributed by atoms with Gasteiger partial charge in [-0.3, -0.25) is 4.79 Å². The third-order valence-corrected chi connectivity index (χ3v) is 3.96. The predicted molar refractivity (Wildman–Crippen MR) is 96.6 cm³/mol. The van der Waals surface area contributed by atoms with E-state index in [1.54, 1.807) is 7.11 Å². The summed E-state index contributed by atoms with van der Waals surface area (Å²) in [6, 6.07) is 11.7. The SMILES string of the molecule is COc1ccc2cc(CC(=O)OCCCCCCO[N+](=O)[O-])ccc2c1. The van der Waals surface area contributed by atoms with Crippen LogP contribution in [0.5, 0.6) is 5.75 Å². The average molecular weight is 361 g/mol. The van der Waals surface area contributed by atoms with E-state index in [0.29, 0.717) is 13.0 Å². The standard InChI is InChI=1S/C19H23NO6/c1-24-18-9-8-16-12-15(6-7-17(16)14-18)13-19(21)25-10-4-2-3-5-11-26-20(22)23/h6-9,12,14H,2-5,10-11,13H2,1H3. The number of rotatable bonds is 11. The number of esters is 1. The van der Waals surface area contributed by atoms with Crippen molar-refractivity contribution in [3.8, 4) is 5.75 Å². The third kappa shape index (κ3) is 6.58. The molecule has 0 amide bonds. The lowest BCUT2D eigenvalue weighted by molar-refractivity contribution is -0.757. The number of hydrogen-bond acceptors (Lipinski definition) is 6. The van der Waals surface area contributed by atoms with Crippen molar-refractivity contribution in [2.75, 3.05) is 20.3 Å². The first-order valence-electron chi connectivity index (χ1n) is 8.58. The van der Waals surface area contributed by atoms with Crippen molar-refractivity contribution in [3.63, 3.8) is 0 Å². The fourth-order valence-electron chi connectivity index (χ4n) is 2.61. The zero-order valence-corrected chi connectivity index (χ0v) is 14.8. The Balaban J connectivity index is 1.68. The Labute approximate surface area is 152 Å². The molecule has 0 radical (unpaired) electrons. The first-order valence-corrected chi connectivity index (χ1v) is 8.58. The average Bonchev–Trinajstić information content (AvgIpc) is 2.63. The molecule has 0 spiro atoms.